The molecule has 0 fully saturated rings. The molecule has 0 atom stereocenters. The van der Waals surface area contributed by atoms with E-state index in [1.54, 1.807) is 0 Å². The number of nitrogens with one attached hydrogen (secondary N) is 2. The lowest BCUT2D eigenvalue weighted by Crippen LogP contribution is -2.37. The molecule has 1 aromatic carbocycles. The first-order valence-corrected chi connectivity index (χ1v) is 7.82. The molecule has 2 N–H and O–H groups in total. The van der Waals surface area contributed by atoms with Gasteiger partial charge < -0.3 is 5.32 Å². The molecule has 0 saturated heterocycles. The van der Waals surface area contributed by atoms with Crippen molar-refractivity contribution in [2.45, 2.75) is 18.2 Å². The zero-order valence-electron chi connectivity index (χ0n) is 10.2. The standard InChI is InChI=1S/C11H14Cl2N2O3S/c1-2-5-14-11(16)7-15-19(17,18)10-6-8(12)3-4-9(10)13/h3-4,6,15H,2,5,7H2,1H3,(H,14,16). The number of hydrogen-bond acceptors (Lipinski definition) is 3. The van der Waals surface area contributed by atoms with E-state index >= 15 is 0 Å². The second kappa shape index (κ2) is 7.09. The minimum atomic E-state index is -3.86. The molecule has 0 saturated carbocycles. The van der Waals surface area contributed by atoms with Crippen molar-refractivity contribution in [2.75, 3.05) is 13.1 Å². The maximum Gasteiger partial charge on any atom is 0.242 e. The molecule has 0 aliphatic rings. The minimum absolute atomic E-state index is 0.0471. The van der Waals surface area contributed by atoms with Gasteiger partial charge in [0.25, 0.3) is 0 Å². The summed E-state index contributed by atoms with van der Waals surface area (Å²) in [4.78, 5) is 11.2. The molecule has 0 aromatic heterocycles. The Morgan fingerprint density at radius 1 is 1.32 bits per heavy atom. The summed E-state index contributed by atoms with van der Waals surface area (Å²) < 4.78 is 26.1. The number of amides is 1. The van der Waals surface area contributed by atoms with Crippen molar-refractivity contribution in [3.63, 3.8) is 0 Å². The Hall–Kier alpha value is -0.820. The van der Waals surface area contributed by atoms with Crippen LogP contribution in [-0.2, 0) is 14.8 Å². The summed E-state index contributed by atoms with van der Waals surface area (Å²) in [5.74, 6) is -0.399. The molecule has 19 heavy (non-hydrogen) atoms. The second-order valence-corrected chi connectivity index (χ2v) is 6.33. The lowest BCUT2D eigenvalue weighted by Gasteiger charge is -2.09. The van der Waals surface area contributed by atoms with Gasteiger partial charge in [0, 0.05) is 11.6 Å². The largest absolute Gasteiger partial charge is 0.355 e. The molecule has 0 bridgehead atoms. The highest BCUT2D eigenvalue weighted by atomic mass is 35.5. The van der Waals surface area contributed by atoms with Gasteiger partial charge in [0.05, 0.1) is 11.6 Å². The SMILES string of the molecule is CCCNC(=O)CNS(=O)(=O)c1cc(Cl)ccc1Cl. The van der Waals surface area contributed by atoms with E-state index < -0.39 is 15.9 Å². The topological polar surface area (TPSA) is 75.3 Å². The predicted octanol–water partition coefficient (Wildman–Crippen LogP) is 1.80. The van der Waals surface area contributed by atoms with Gasteiger partial charge in [0.1, 0.15) is 4.90 Å². The van der Waals surface area contributed by atoms with Crippen LogP contribution < -0.4 is 10.0 Å². The summed E-state index contributed by atoms with van der Waals surface area (Å²) in [6.07, 6.45) is 0.776. The maximum atomic E-state index is 11.9. The number of rotatable bonds is 6. The van der Waals surface area contributed by atoms with Crippen molar-refractivity contribution < 1.29 is 13.2 Å². The first-order chi connectivity index (χ1) is 8.86. The van der Waals surface area contributed by atoms with Crippen LogP contribution in [-0.4, -0.2) is 27.4 Å². The van der Waals surface area contributed by atoms with E-state index in [0.29, 0.717) is 6.54 Å². The zero-order valence-corrected chi connectivity index (χ0v) is 12.6. The fourth-order valence-corrected chi connectivity index (χ4v) is 2.99. The summed E-state index contributed by atoms with van der Waals surface area (Å²) in [6.45, 7) is 2.06. The third-order valence-electron chi connectivity index (χ3n) is 2.18. The highest BCUT2D eigenvalue weighted by Gasteiger charge is 2.19. The first kappa shape index (κ1) is 16.2. The molecule has 1 rings (SSSR count). The molecule has 0 unspecified atom stereocenters. The van der Waals surface area contributed by atoms with Gasteiger partial charge in [-0.15, -0.1) is 0 Å². The van der Waals surface area contributed by atoms with Crippen LogP contribution in [0, 0.1) is 0 Å². The van der Waals surface area contributed by atoms with E-state index in [9.17, 15) is 13.2 Å². The normalized spacial score (nSPS) is 11.3. The molecule has 8 heteroatoms. The molecule has 0 spiro atoms. The van der Waals surface area contributed by atoms with Crippen molar-refractivity contribution in [3.05, 3.63) is 28.2 Å². The molecule has 1 amide bonds. The Kier molecular flexibility index (Phi) is 6.06. The summed E-state index contributed by atoms with van der Waals surface area (Å²) in [5.41, 5.74) is 0. The van der Waals surface area contributed by atoms with Gasteiger partial charge in [-0.3, -0.25) is 4.79 Å². The van der Waals surface area contributed by atoms with Crippen molar-refractivity contribution in [1.29, 1.82) is 0 Å². The number of halogens is 2. The molecule has 5 nitrogen and oxygen atoms in total. The van der Waals surface area contributed by atoms with Gasteiger partial charge in [-0.05, 0) is 24.6 Å². The third-order valence-corrected chi connectivity index (χ3v) is 4.30. The first-order valence-electron chi connectivity index (χ1n) is 5.58. The Morgan fingerprint density at radius 3 is 2.63 bits per heavy atom. The van der Waals surface area contributed by atoms with E-state index in [-0.39, 0.29) is 21.5 Å². The van der Waals surface area contributed by atoms with E-state index in [4.69, 9.17) is 23.2 Å². The van der Waals surface area contributed by atoms with Gasteiger partial charge in [-0.1, -0.05) is 30.1 Å². The van der Waals surface area contributed by atoms with Crippen molar-refractivity contribution >= 4 is 39.1 Å². The number of carbonyl (C=O) groups is 1. The molecule has 0 radical (unpaired) electrons. The van der Waals surface area contributed by atoms with Gasteiger partial charge in [0.2, 0.25) is 15.9 Å². The van der Waals surface area contributed by atoms with Crippen LogP contribution in [0.25, 0.3) is 0 Å². The van der Waals surface area contributed by atoms with Crippen LogP contribution in [0.2, 0.25) is 10.0 Å². The van der Waals surface area contributed by atoms with Gasteiger partial charge >= 0.3 is 0 Å². The summed E-state index contributed by atoms with van der Waals surface area (Å²) >= 11 is 11.5. The van der Waals surface area contributed by atoms with Crippen LogP contribution in [0.15, 0.2) is 23.1 Å². The van der Waals surface area contributed by atoms with Gasteiger partial charge in [-0.2, -0.15) is 0 Å². The maximum absolute atomic E-state index is 11.9. The Bertz CT molecular complexity index is 561. The van der Waals surface area contributed by atoms with Crippen molar-refractivity contribution in [2.24, 2.45) is 0 Å². The van der Waals surface area contributed by atoms with Crippen molar-refractivity contribution in [3.8, 4) is 0 Å². The summed E-state index contributed by atoms with van der Waals surface area (Å²) in [5, 5.41) is 2.85. The zero-order chi connectivity index (χ0) is 14.5. The summed E-state index contributed by atoms with van der Waals surface area (Å²) in [6, 6.07) is 4.10. The van der Waals surface area contributed by atoms with E-state index in [2.05, 4.69) is 10.0 Å². The van der Waals surface area contributed by atoms with E-state index in [1.807, 2.05) is 6.92 Å². The highest BCUT2D eigenvalue weighted by Crippen LogP contribution is 2.24. The highest BCUT2D eigenvalue weighted by molar-refractivity contribution is 7.89. The smallest absolute Gasteiger partial charge is 0.242 e. The van der Waals surface area contributed by atoms with Crippen LogP contribution in [0.3, 0.4) is 0 Å². The van der Waals surface area contributed by atoms with Gasteiger partial charge in [0.15, 0.2) is 0 Å². The molecule has 0 aliphatic heterocycles. The molecule has 0 aliphatic carbocycles. The lowest BCUT2D eigenvalue weighted by atomic mass is 10.4. The molecular weight excluding hydrogens is 311 g/mol. The lowest BCUT2D eigenvalue weighted by molar-refractivity contribution is -0.119. The predicted molar refractivity (Wildman–Crippen MR) is 75.0 cm³/mol. The van der Waals surface area contributed by atoms with Gasteiger partial charge in [-0.25, -0.2) is 13.1 Å². The van der Waals surface area contributed by atoms with Crippen LogP contribution in [0.5, 0.6) is 0 Å². The van der Waals surface area contributed by atoms with Crippen LogP contribution in [0.1, 0.15) is 13.3 Å². The second-order valence-electron chi connectivity index (χ2n) is 3.75. The average molecular weight is 325 g/mol. The number of hydrogen-bond donors (Lipinski definition) is 2. The Balaban J connectivity index is 2.76. The Labute approximate surface area is 122 Å². The molecule has 0 heterocycles. The minimum Gasteiger partial charge on any atom is -0.355 e. The number of benzene rings is 1. The van der Waals surface area contributed by atoms with Crippen LogP contribution >= 0.6 is 23.2 Å². The molecular formula is C11H14Cl2N2O3S. The van der Waals surface area contributed by atoms with Crippen LogP contribution in [0.4, 0.5) is 0 Å². The summed E-state index contributed by atoms with van der Waals surface area (Å²) in [7, 11) is -3.86. The number of sulfonamides is 1. The fourth-order valence-electron chi connectivity index (χ4n) is 1.25. The molecule has 1 aromatic rings. The average Bonchev–Trinajstić information content (AvgIpc) is 2.36. The van der Waals surface area contributed by atoms with Crippen molar-refractivity contribution in [1.82, 2.24) is 10.0 Å². The van der Waals surface area contributed by atoms with E-state index in [0.717, 1.165) is 6.42 Å². The molecule has 106 valence electrons. The quantitative estimate of drug-likeness (QED) is 0.837. The monoisotopic (exact) mass is 324 g/mol. The Morgan fingerprint density at radius 2 is 2.00 bits per heavy atom. The number of carbonyl (C=O) groups excluding carboxylic acids is 1. The third kappa shape index (κ3) is 4.99. The van der Waals surface area contributed by atoms with E-state index in [1.165, 1.54) is 18.2 Å². The fraction of sp³-hybridized carbons (Fsp3) is 0.364.